The van der Waals surface area contributed by atoms with E-state index in [0.717, 1.165) is 45.4 Å². The highest BCUT2D eigenvalue weighted by atomic mass is 35.5. The molecule has 164 valence electrons. The van der Waals surface area contributed by atoms with Gasteiger partial charge in [-0.3, -0.25) is 4.98 Å². The number of aromatic amines is 1. The first kappa shape index (κ1) is 21.9. The molecule has 0 aliphatic heterocycles. The molecule has 4 rings (SSSR count). The number of nitrogens with zero attached hydrogens (tertiary/aromatic N) is 2. The molecule has 5 nitrogen and oxygen atoms in total. The molecule has 0 bridgehead atoms. The minimum Gasteiger partial charge on any atom is -0.491 e. The normalized spacial score (nSPS) is 11.2. The number of H-pyrrole nitrogens is 1. The molecule has 0 unspecified atom stereocenters. The molecule has 0 fully saturated rings. The summed E-state index contributed by atoms with van der Waals surface area (Å²) in [7, 11) is 0. The fourth-order valence-electron chi connectivity index (χ4n) is 3.44. The minimum atomic E-state index is 0.00563. The number of halogens is 1. The second-order valence-electron chi connectivity index (χ2n) is 8.04. The van der Waals surface area contributed by atoms with Gasteiger partial charge in [-0.15, -0.1) is 0 Å². The second kappa shape index (κ2) is 9.45. The molecule has 0 aliphatic carbocycles. The van der Waals surface area contributed by atoms with E-state index in [1.54, 1.807) is 12.4 Å². The summed E-state index contributed by atoms with van der Waals surface area (Å²) in [4.78, 5) is 12.6. The zero-order chi connectivity index (χ0) is 22.7. The summed E-state index contributed by atoms with van der Waals surface area (Å²) in [6.07, 6.45) is 3.61. The Balaban J connectivity index is 1.88. The molecular formula is C26H26ClN3O2. The predicted octanol–water partition coefficient (Wildman–Crippen LogP) is 7.03. The lowest BCUT2D eigenvalue weighted by atomic mass is 10.0. The Morgan fingerprint density at radius 3 is 2.16 bits per heavy atom. The number of pyridine rings is 1. The van der Waals surface area contributed by atoms with E-state index < -0.39 is 0 Å². The zero-order valence-electron chi connectivity index (χ0n) is 18.6. The van der Waals surface area contributed by atoms with Gasteiger partial charge in [0.1, 0.15) is 17.3 Å². The third-order valence-corrected chi connectivity index (χ3v) is 4.98. The fraction of sp³-hybridized carbons (Fsp3) is 0.231. The van der Waals surface area contributed by atoms with Crippen LogP contribution in [0, 0.1) is 0 Å². The molecule has 0 aliphatic rings. The van der Waals surface area contributed by atoms with Gasteiger partial charge in [0, 0.05) is 40.2 Å². The highest BCUT2D eigenvalue weighted by Gasteiger charge is 2.20. The lowest BCUT2D eigenvalue weighted by Crippen LogP contribution is -2.09. The third kappa shape index (κ3) is 4.94. The van der Waals surface area contributed by atoms with E-state index in [2.05, 4.69) is 9.97 Å². The molecule has 2 heterocycles. The van der Waals surface area contributed by atoms with Gasteiger partial charge in [0.15, 0.2) is 0 Å². The Hall–Kier alpha value is -3.31. The maximum Gasteiger partial charge on any atom is 0.138 e. The van der Waals surface area contributed by atoms with Crippen molar-refractivity contribution >= 4 is 11.6 Å². The molecular weight excluding hydrogens is 422 g/mol. The van der Waals surface area contributed by atoms with E-state index in [-0.39, 0.29) is 12.2 Å². The first-order chi connectivity index (χ1) is 15.4. The molecule has 0 spiro atoms. The van der Waals surface area contributed by atoms with Gasteiger partial charge >= 0.3 is 0 Å². The van der Waals surface area contributed by atoms with Crippen molar-refractivity contribution in [3.63, 3.8) is 0 Å². The van der Waals surface area contributed by atoms with E-state index in [4.69, 9.17) is 26.1 Å². The van der Waals surface area contributed by atoms with Crippen LogP contribution in [0.2, 0.25) is 5.02 Å². The summed E-state index contributed by atoms with van der Waals surface area (Å²) in [5.74, 6) is 2.25. The maximum absolute atomic E-state index is 6.19. The van der Waals surface area contributed by atoms with Crippen molar-refractivity contribution in [2.45, 2.75) is 39.9 Å². The van der Waals surface area contributed by atoms with Crippen molar-refractivity contribution in [2.24, 2.45) is 0 Å². The molecule has 2 aromatic heterocycles. The Morgan fingerprint density at radius 2 is 1.50 bits per heavy atom. The van der Waals surface area contributed by atoms with Crippen molar-refractivity contribution < 1.29 is 9.47 Å². The van der Waals surface area contributed by atoms with E-state index in [9.17, 15) is 0 Å². The Morgan fingerprint density at radius 1 is 0.812 bits per heavy atom. The molecule has 0 saturated carbocycles. The van der Waals surface area contributed by atoms with Crippen molar-refractivity contribution in [3.05, 3.63) is 72.0 Å². The summed E-state index contributed by atoms with van der Waals surface area (Å²) >= 11 is 6.08. The van der Waals surface area contributed by atoms with E-state index in [1.807, 2.05) is 82.3 Å². The predicted molar refractivity (Wildman–Crippen MR) is 129 cm³/mol. The average molecular weight is 448 g/mol. The largest absolute Gasteiger partial charge is 0.491 e. The Kier molecular flexibility index (Phi) is 6.47. The Labute approximate surface area is 193 Å². The van der Waals surface area contributed by atoms with Crippen LogP contribution < -0.4 is 9.47 Å². The van der Waals surface area contributed by atoms with Crippen LogP contribution in [0.5, 0.6) is 11.5 Å². The second-order valence-corrected chi connectivity index (χ2v) is 8.48. The molecule has 0 saturated heterocycles. The maximum atomic E-state index is 6.19. The standard InChI is InChI=1S/C26H26ClN3O2/c1-16(2)31-21-9-10-22(23(15-21)32-17(3)4)25-24(18-11-13-28-14-12-18)29-26(30-25)19-5-7-20(27)8-6-19/h5-17H,1-4H3,(H,29,30). The van der Waals surface area contributed by atoms with Gasteiger partial charge in [-0.25, -0.2) is 4.98 Å². The number of rotatable bonds is 7. The summed E-state index contributed by atoms with van der Waals surface area (Å²) in [5, 5.41) is 0.684. The highest BCUT2D eigenvalue weighted by Crippen LogP contribution is 2.40. The minimum absolute atomic E-state index is 0.00563. The highest BCUT2D eigenvalue weighted by molar-refractivity contribution is 6.30. The number of ether oxygens (including phenoxy) is 2. The van der Waals surface area contributed by atoms with Crippen LogP contribution >= 0.6 is 11.6 Å². The summed E-state index contributed by atoms with van der Waals surface area (Å²) in [6, 6.07) is 17.4. The molecule has 4 aromatic rings. The van der Waals surface area contributed by atoms with Crippen molar-refractivity contribution in [1.82, 2.24) is 15.0 Å². The molecule has 32 heavy (non-hydrogen) atoms. The lowest BCUT2D eigenvalue weighted by molar-refractivity contribution is 0.230. The van der Waals surface area contributed by atoms with Crippen LogP contribution in [0.25, 0.3) is 33.9 Å². The Bertz CT molecular complexity index is 1190. The average Bonchev–Trinajstić information content (AvgIpc) is 3.19. The SMILES string of the molecule is CC(C)Oc1ccc(-c2[nH]c(-c3ccc(Cl)cc3)nc2-c2ccncc2)c(OC(C)C)c1. The van der Waals surface area contributed by atoms with E-state index in [1.165, 1.54) is 0 Å². The molecule has 6 heteroatoms. The summed E-state index contributed by atoms with van der Waals surface area (Å²) in [6.45, 7) is 8.03. The van der Waals surface area contributed by atoms with Gasteiger partial charge in [0.25, 0.3) is 0 Å². The lowest BCUT2D eigenvalue weighted by Gasteiger charge is -2.17. The number of aromatic nitrogens is 3. The van der Waals surface area contributed by atoms with E-state index >= 15 is 0 Å². The van der Waals surface area contributed by atoms with Crippen LogP contribution in [0.3, 0.4) is 0 Å². The van der Waals surface area contributed by atoms with Crippen LogP contribution in [0.15, 0.2) is 67.0 Å². The smallest absolute Gasteiger partial charge is 0.138 e. The summed E-state index contributed by atoms with van der Waals surface area (Å²) in [5.41, 5.74) is 4.51. The number of hydrogen-bond donors (Lipinski definition) is 1. The molecule has 2 aromatic carbocycles. The first-order valence-electron chi connectivity index (χ1n) is 10.6. The molecule has 0 radical (unpaired) electrons. The number of hydrogen-bond acceptors (Lipinski definition) is 4. The number of nitrogens with one attached hydrogen (secondary N) is 1. The van der Waals surface area contributed by atoms with Gasteiger partial charge < -0.3 is 14.5 Å². The molecule has 0 atom stereocenters. The van der Waals surface area contributed by atoms with Crippen molar-refractivity contribution in [1.29, 1.82) is 0 Å². The first-order valence-corrected chi connectivity index (χ1v) is 11.0. The monoisotopic (exact) mass is 447 g/mol. The fourth-order valence-corrected chi connectivity index (χ4v) is 3.56. The quantitative estimate of drug-likeness (QED) is 0.330. The molecule has 1 N–H and O–H groups in total. The topological polar surface area (TPSA) is 60.0 Å². The van der Waals surface area contributed by atoms with Gasteiger partial charge in [-0.05, 0) is 76.2 Å². The zero-order valence-corrected chi connectivity index (χ0v) is 19.4. The van der Waals surface area contributed by atoms with E-state index in [0.29, 0.717) is 5.02 Å². The van der Waals surface area contributed by atoms with Crippen LogP contribution in [-0.4, -0.2) is 27.2 Å². The summed E-state index contributed by atoms with van der Waals surface area (Å²) < 4.78 is 12.1. The number of benzene rings is 2. The van der Waals surface area contributed by atoms with Crippen molar-refractivity contribution in [3.8, 4) is 45.4 Å². The van der Waals surface area contributed by atoms with Gasteiger partial charge in [-0.1, -0.05) is 11.6 Å². The van der Waals surface area contributed by atoms with Crippen LogP contribution in [-0.2, 0) is 0 Å². The van der Waals surface area contributed by atoms with Gasteiger partial charge in [0.05, 0.1) is 23.6 Å². The molecule has 0 amide bonds. The van der Waals surface area contributed by atoms with Crippen LogP contribution in [0.4, 0.5) is 0 Å². The van der Waals surface area contributed by atoms with Gasteiger partial charge in [-0.2, -0.15) is 0 Å². The van der Waals surface area contributed by atoms with Crippen molar-refractivity contribution in [2.75, 3.05) is 0 Å². The number of imidazole rings is 1. The van der Waals surface area contributed by atoms with Gasteiger partial charge in [0.2, 0.25) is 0 Å². The third-order valence-electron chi connectivity index (χ3n) is 4.73. The van der Waals surface area contributed by atoms with Crippen LogP contribution in [0.1, 0.15) is 27.7 Å².